The maximum atomic E-state index is 4.72. The average Bonchev–Trinajstić information content (AvgIpc) is 2.42. The molecule has 2 aromatic rings. The molecule has 1 fully saturated rings. The lowest BCUT2D eigenvalue weighted by atomic mass is 10.2. The van der Waals surface area contributed by atoms with Crippen LogP contribution in [0.1, 0.15) is 18.4 Å². The van der Waals surface area contributed by atoms with Gasteiger partial charge in [0.1, 0.15) is 5.82 Å². The number of piperazine rings is 1. The Balaban J connectivity index is 1.84. The van der Waals surface area contributed by atoms with Gasteiger partial charge in [-0.2, -0.15) is 0 Å². The highest BCUT2D eigenvalue weighted by atomic mass is 15.3. The fourth-order valence-electron chi connectivity index (χ4n) is 2.96. The molecule has 3 rings (SSSR count). The first kappa shape index (κ1) is 13.5. The molecule has 0 N–H and O–H groups in total. The van der Waals surface area contributed by atoms with Gasteiger partial charge in [-0.15, -0.1) is 0 Å². The lowest BCUT2D eigenvalue weighted by molar-refractivity contribution is 0.0915. The fraction of sp³-hybridized carbons (Fsp3) is 0.500. The van der Waals surface area contributed by atoms with Crippen LogP contribution in [0.15, 0.2) is 24.3 Å². The van der Waals surface area contributed by atoms with Crippen LogP contribution in [-0.4, -0.2) is 52.5 Å². The Hall–Kier alpha value is -1.52. The van der Waals surface area contributed by atoms with E-state index in [2.05, 4.69) is 47.8 Å². The van der Waals surface area contributed by atoms with Gasteiger partial charge in [-0.25, -0.2) is 9.97 Å². The largest absolute Gasteiger partial charge is 0.304 e. The van der Waals surface area contributed by atoms with Crippen molar-refractivity contribution >= 4 is 10.9 Å². The number of hydrogen-bond donors (Lipinski definition) is 0. The van der Waals surface area contributed by atoms with Crippen molar-refractivity contribution in [2.45, 2.75) is 26.4 Å². The molecule has 0 saturated carbocycles. The molecule has 4 nitrogen and oxygen atoms in total. The van der Waals surface area contributed by atoms with Gasteiger partial charge in [-0.1, -0.05) is 18.2 Å². The van der Waals surface area contributed by atoms with Crippen molar-refractivity contribution in [2.75, 3.05) is 26.7 Å². The molecular weight excluding hydrogens is 248 g/mol. The average molecular weight is 270 g/mol. The topological polar surface area (TPSA) is 32.3 Å². The van der Waals surface area contributed by atoms with Crippen molar-refractivity contribution in [1.29, 1.82) is 0 Å². The monoisotopic (exact) mass is 270 g/mol. The van der Waals surface area contributed by atoms with E-state index in [1.54, 1.807) is 0 Å². The number of para-hydroxylation sites is 1. The van der Waals surface area contributed by atoms with E-state index in [0.717, 1.165) is 48.6 Å². The maximum absolute atomic E-state index is 4.72. The Kier molecular flexibility index (Phi) is 3.68. The summed E-state index contributed by atoms with van der Waals surface area (Å²) in [6.45, 7) is 8.53. The summed E-state index contributed by atoms with van der Waals surface area (Å²) in [5.41, 5.74) is 2.13. The molecule has 20 heavy (non-hydrogen) atoms. The van der Waals surface area contributed by atoms with Gasteiger partial charge in [-0.05, 0) is 27.0 Å². The van der Waals surface area contributed by atoms with Crippen LogP contribution in [0.4, 0.5) is 0 Å². The molecule has 1 atom stereocenters. The van der Waals surface area contributed by atoms with Crippen molar-refractivity contribution in [3.8, 4) is 0 Å². The molecule has 1 aromatic heterocycles. The minimum atomic E-state index is 0.559. The first-order valence-corrected chi connectivity index (χ1v) is 7.28. The quantitative estimate of drug-likeness (QED) is 0.836. The molecule has 0 bridgehead atoms. The molecule has 4 heteroatoms. The van der Waals surface area contributed by atoms with Crippen molar-refractivity contribution in [3.63, 3.8) is 0 Å². The third-order valence-corrected chi connectivity index (χ3v) is 4.15. The van der Waals surface area contributed by atoms with E-state index >= 15 is 0 Å². The van der Waals surface area contributed by atoms with Gasteiger partial charge in [0.25, 0.3) is 0 Å². The number of benzene rings is 1. The zero-order chi connectivity index (χ0) is 14.1. The summed E-state index contributed by atoms with van der Waals surface area (Å²) in [6, 6.07) is 8.80. The summed E-state index contributed by atoms with van der Waals surface area (Å²) in [6.07, 6.45) is 0. The van der Waals surface area contributed by atoms with E-state index < -0.39 is 0 Å². The maximum Gasteiger partial charge on any atom is 0.143 e. The van der Waals surface area contributed by atoms with Crippen molar-refractivity contribution in [2.24, 2.45) is 0 Å². The van der Waals surface area contributed by atoms with Crippen LogP contribution in [0.2, 0.25) is 0 Å². The highest BCUT2D eigenvalue weighted by Gasteiger charge is 2.22. The number of hydrogen-bond acceptors (Lipinski definition) is 4. The number of fused-ring (bicyclic) bond motifs is 1. The van der Waals surface area contributed by atoms with Gasteiger partial charge >= 0.3 is 0 Å². The molecule has 0 spiro atoms. The van der Waals surface area contributed by atoms with Crippen molar-refractivity contribution < 1.29 is 0 Å². The molecule has 106 valence electrons. The molecule has 1 aliphatic heterocycles. The van der Waals surface area contributed by atoms with Crippen LogP contribution in [0.5, 0.6) is 0 Å². The minimum Gasteiger partial charge on any atom is -0.304 e. The standard InChI is InChI=1S/C16H22N4/c1-12-10-19(3)8-9-20(12)11-16-17-13(2)14-6-4-5-7-15(14)18-16/h4-7,12H,8-11H2,1-3H3/t12-/m1/s1. The number of rotatable bonds is 2. The Labute approximate surface area is 120 Å². The second kappa shape index (κ2) is 5.46. The third kappa shape index (κ3) is 2.67. The summed E-state index contributed by atoms with van der Waals surface area (Å²) in [4.78, 5) is 14.3. The van der Waals surface area contributed by atoms with E-state index in [0.29, 0.717) is 6.04 Å². The van der Waals surface area contributed by atoms with E-state index in [-0.39, 0.29) is 0 Å². The van der Waals surface area contributed by atoms with Gasteiger partial charge in [0.2, 0.25) is 0 Å². The van der Waals surface area contributed by atoms with Crippen LogP contribution in [-0.2, 0) is 6.54 Å². The fourth-order valence-corrected chi connectivity index (χ4v) is 2.96. The summed E-state index contributed by atoms with van der Waals surface area (Å²) in [7, 11) is 2.19. The molecule has 1 aromatic carbocycles. The number of nitrogens with zero attached hydrogens (tertiary/aromatic N) is 4. The van der Waals surface area contributed by atoms with Crippen LogP contribution < -0.4 is 0 Å². The summed E-state index contributed by atoms with van der Waals surface area (Å²) < 4.78 is 0. The lowest BCUT2D eigenvalue weighted by Gasteiger charge is -2.37. The van der Waals surface area contributed by atoms with E-state index in [4.69, 9.17) is 4.98 Å². The second-order valence-corrected chi connectivity index (χ2v) is 5.82. The second-order valence-electron chi connectivity index (χ2n) is 5.82. The molecule has 0 unspecified atom stereocenters. The lowest BCUT2D eigenvalue weighted by Crippen LogP contribution is -2.50. The number of aromatic nitrogens is 2. The summed E-state index contributed by atoms with van der Waals surface area (Å²) >= 11 is 0. The molecule has 1 aliphatic rings. The molecule has 2 heterocycles. The number of aryl methyl sites for hydroxylation is 1. The van der Waals surface area contributed by atoms with Gasteiger partial charge in [0.15, 0.2) is 0 Å². The van der Waals surface area contributed by atoms with E-state index in [1.807, 2.05) is 12.1 Å². The Bertz CT molecular complexity index is 610. The highest BCUT2D eigenvalue weighted by Crippen LogP contribution is 2.17. The molecular formula is C16H22N4. The SMILES string of the molecule is Cc1nc(CN2CCN(C)C[C@H]2C)nc2ccccc12. The predicted octanol–water partition coefficient (Wildman–Crippen LogP) is 2.07. The summed E-state index contributed by atoms with van der Waals surface area (Å²) in [5, 5.41) is 1.16. The van der Waals surface area contributed by atoms with Gasteiger partial charge in [0.05, 0.1) is 12.1 Å². The minimum absolute atomic E-state index is 0.559. The highest BCUT2D eigenvalue weighted by molar-refractivity contribution is 5.80. The Morgan fingerprint density at radius 1 is 1.20 bits per heavy atom. The molecule has 0 amide bonds. The molecule has 0 aliphatic carbocycles. The van der Waals surface area contributed by atoms with Crippen LogP contribution in [0.3, 0.4) is 0 Å². The summed E-state index contributed by atoms with van der Waals surface area (Å²) in [5.74, 6) is 0.942. The smallest absolute Gasteiger partial charge is 0.143 e. The van der Waals surface area contributed by atoms with Crippen molar-refractivity contribution in [3.05, 3.63) is 35.8 Å². The van der Waals surface area contributed by atoms with E-state index in [1.165, 1.54) is 0 Å². The van der Waals surface area contributed by atoms with Gasteiger partial charge in [-0.3, -0.25) is 4.90 Å². The first-order valence-electron chi connectivity index (χ1n) is 7.28. The molecule has 1 saturated heterocycles. The predicted molar refractivity (Wildman–Crippen MR) is 81.6 cm³/mol. The first-order chi connectivity index (χ1) is 9.63. The van der Waals surface area contributed by atoms with Gasteiger partial charge < -0.3 is 4.90 Å². The Morgan fingerprint density at radius 3 is 2.80 bits per heavy atom. The molecule has 0 radical (unpaired) electrons. The van der Waals surface area contributed by atoms with Crippen LogP contribution in [0, 0.1) is 6.92 Å². The Morgan fingerprint density at radius 2 is 2.00 bits per heavy atom. The van der Waals surface area contributed by atoms with Crippen molar-refractivity contribution in [1.82, 2.24) is 19.8 Å². The third-order valence-electron chi connectivity index (χ3n) is 4.15. The van der Waals surface area contributed by atoms with Gasteiger partial charge in [0, 0.05) is 36.8 Å². The van der Waals surface area contributed by atoms with Crippen LogP contribution >= 0.6 is 0 Å². The van der Waals surface area contributed by atoms with E-state index in [9.17, 15) is 0 Å². The number of likely N-dealkylation sites (N-methyl/N-ethyl adjacent to an activating group) is 1. The zero-order valence-corrected chi connectivity index (χ0v) is 12.5. The normalized spacial score (nSPS) is 21.4. The van der Waals surface area contributed by atoms with Crippen LogP contribution in [0.25, 0.3) is 10.9 Å². The zero-order valence-electron chi connectivity index (χ0n) is 12.5.